The number of hydrogen-bond acceptors (Lipinski definition) is 4. The SMILES string of the molecule is CN(C1CCCCC1)S(=O)(=O)c1cccc(C(=O)NCc2ccc(OC(F)F)cc2)c1. The highest BCUT2D eigenvalue weighted by molar-refractivity contribution is 7.89. The average molecular weight is 453 g/mol. The van der Waals surface area contributed by atoms with Crippen molar-refractivity contribution in [2.75, 3.05) is 7.05 Å². The molecule has 9 heteroatoms. The maximum atomic E-state index is 13.0. The van der Waals surface area contributed by atoms with E-state index >= 15 is 0 Å². The first-order chi connectivity index (χ1) is 14.8. The van der Waals surface area contributed by atoms with Crippen molar-refractivity contribution in [1.82, 2.24) is 9.62 Å². The fourth-order valence-electron chi connectivity index (χ4n) is 3.68. The first kappa shape index (κ1) is 23.1. The third-order valence-electron chi connectivity index (χ3n) is 5.46. The molecule has 0 bridgehead atoms. The first-order valence-electron chi connectivity index (χ1n) is 10.2. The fraction of sp³-hybridized carbons (Fsp3) is 0.409. The lowest BCUT2D eigenvalue weighted by atomic mass is 9.96. The number of carbonyl (C=O) groups is 1. The summed E-state index contributed by atoms with van der Waals surface area (Å²) in [7, 11) is -2.10. The minimum atomic E-state index is -3.70. The molecular formula is C22H26F2N2O4S. The Balaban J connectivity index is 1.65. The summed E-state index contributed by atoms with van der Waals surface area (Å²) in [5.74, 6) is -0.393. The third-order valence-corrected chi connectivity index (χ3v) is 7.37. The molecule has 1 aliphatic carbocycles. The zero-order chi connectivity index (χ0) is 22.4. The van der Waals surface area contributed by atoms with E-state index in [0.29, 0.717) is 5.56 Å². The molecule has 168 valence electrons. The molecule has 6 nitrogen and oxygen atoms in total. The largest absolute Gasteiger partial charge is 0.435 e. The first-order valence-corrected chi connectivity index (χ1v) is 11.6. The minimum Gasteiger partial charge on any atom is -0.435 e. The highest BCUT2D eigenvalue weighted by atomic mass is 32.2. The summed E-state index contributed by atoms with van der Waals surface area (Å²) in [5.41, 5.74) is 0.923. The number of nitrogens with zero attached hydrogens (tertiary/aromatic N) is 1. The van der Waals surface area contributed by atoms with Crippen LogP contribution in [0.25, 0.3) is 0 Å². The zero-order valence-electron chi connectivity index (χ0n) is 17.3. The summed E-state index contributed by atoms with van der Waals surface area (Å²) in [6.07, 6.45) is 4.85. The second-order valence-corrected chi connectivity index (χ2v) is 9.54. The van der Waals surface area contributed by atoms with Gasteiger partial charge in [0.2, 0.25) is 10.0 Å². The fourth-order valence-corrected chi connectivity index (χ4v) is 5.14. The van der Waals surface area contributed by atoms with Crippen molar-refractivity contribution in [2.24, 2.45) is 0 Å². The van der Waals surface area contributed by atoms with Crippen LogP contribution in [0, 0.1) is 0 Å². The van der Waals surface area contributed by atoms with E-state index in [1.807, 2.05) is 0 Å². The summed E-state index contributed by atoms with van der Waals surface area (Å²) < 4.78 is 56.2. The highest BCUT2D eigenvalue weighted by Gasteiger charge is 2.29. The number of ether oxygens (including phenoxy) is 1. The Morgan fingerprint density at radius 3 is 2.45 bits per heavy atom. The normalized spacial score (nSPS) is 15.3. The lowest BCUT2D eigenvalue weighted by Gasteiger charge is -2.30. The van der Waals surface area contributed by atoms with E-state index in [1.165, 1.54) is 28.6 Å². The summed E-state index contributed by atoms with van der Waals surface area (Å²) in [4.78, 5) is 12.6. The van der Waals surface area contributed by atoms with Crippen molar-refractivity contribution in [3.8, 4) is 5.75 Å². The molecule has 0 aromatic heterocycles. The molecule has 0 spiro atoms. The van der Waals surface area contributed by atoms with Crippen molar-refractivity contribution in [2.45, 2.75) is 56.2 Å². The van der Waals surface area contributed by atoms with Crippen molar-refractivity contribution < 1.29 is 26.7 Å². The minimum absolute atomic E-state index is 0.0201. The van der Waals surface area contributed by atoms with E-state index in [0.717, 1.165) is 32.1 Å². The van der Waals surface area contributed by atoms with Gasteiger partial charge in [0.1, 0.15) is 5.75 Å². The van der Waals surface area contributed by atoms with Gasteiger partial charge in [-0.05, 0) is 48.7 Å². The second kappa shape index (κ2) is 10.2. The lowest BCUT2D eigenvalue weighted by molar-refractivity contribution is -0.0498. The van der Waals surface area contributed by atoms with Gasteiger partial charge in [-0.1, -0.05) is 37.5 Å². The van der Waals surface area contributed by atoms with Crippen LogP contribution in [-0.4, -0.2) is 38.3 Å². The number of alkyl halides is 2. The molecule has 0 unspecified atom stereocenters. The van der Waals surface area contributed by atoms with Gasteiger partial charge < -0.3 is 10.1 Å². The van der Waals surface area contributed by atoms with Gasteiger partial charge in [-0.2, -0.15) is 13.1 Å². The Kier molecular flexibility index (Phi) is 7.61. The summed E-state index contributed by atoms with van der Waals surface area (Å²) in [5, 5.41) is 2.71. The molecule has 1 amide bonds. The van der Waals surface area contributed by atoms with Crippen molar-refractivity contribution in [1.29, 1.82) is 0 Å². The Hall–Kier alpha value is -2.52. The number of hydrogen-bond donors (Lipinski definition) is 1. The van der Waals surface area contributed by atoms with E-state index in [1.54, 1.807) is 31.3 Å². The molecule has 0 atom stereocenters. The quantitative estimate of drug-likeness (QED) is 0.652. The van der Waals surface area contributed by atoms with Gasteiger partial charge in [-0.3, -0.25) is 4.79 Å². The van der Waals surface area contributed by atoms with Crippen LogP contribution in [0.5, 0.6) is 5.75 Å². The Labute approximate surface area is 181 Å². The van der Waals surface area contributed by atoms with Crippen LogP contribution in [0.1, 0.15) is 48.0 Å². The highest BCUT2D eigenvalue weighted by Crippen LogP contribution is 2.26. The zero-order valence-corrected chi connectivity index (χ0v) is 18.1. The van der Waals surface area contributed by atoms with Gasteiger partial charge in [-0.15, -0.1) is 0 Å². The van der Waals surface area contributed by atoms with Gasteiger partial charge >= 0.3 is 6.61 Å². The number of rotatable bonds is 8. The molecule has 0 radical (unpaired) electrons. The number of benzene rings is 2. The topological polar surface area (TPSA) is 75.7 Å². The molecule has 1 saturated carbocycles. The lowest BCUT2D eigenvalue weighted by Crippen LogP contribution is -2.38. The number of carbonyl (C=O) groups excluding carboxylic acids is 1. The van der Waals surface area contributed by atoms with Crippen molar-refractivity contribution in [3.05, 3.63) is 59.7 Å². The number of halogens is 2. The predicted octanol–water partition coefficient (Wildman–Crippen LogP) is 4.17. The van der Waals surface area contributed by atoms with Crippen LogP contribution in [0.15, 0.2) is 53.4 Å². The number of sulfonamides is 1. The average Bonchev–Trinajstić information content (AvgIpc) is 2.78. The molecule has 0 saturated heterocycles. The Morgan fingerprint density at radius 1 is 1.13 bits per heavy atom. The van der Waals surface area contributed by atoms with Crippen LogP contribution < -0.4 is 10.1 Å². The van der Waals surface area contributed by atoms with Gasteiger partial charge in [0.05, 0.1) is 4.90 Å². The summed E-state index contributed by atoms with van der Waals surface area (Å²) in [6, 6.07) is 11.9. The molecule has 3 rings (SSSR count). The van der Waals surface area contributed by atoms with Crippen LogP contribution in [0.2, 0.25) is 0 Å². The molecule has 0 aliphatic heterocycles. The molecule has 1 N–H and O–H groups in total. The molecule has 0 heterocycles. The van der Waals surface area contributed by atoms with E-state index in [9.17, 15) is 22.0 Å². The Morgan fingerprint density at radius 2 is 1.81 bits per heavy atom. The maximum absolute atomic E-state index is 13.0. The van der Waals surface area contributed by atoms with Crippen LogP contribution in [0.3, 0.4) is 0 Å². The smallest absolute Gasteiger partial charge is 0.387 e. The van der Waals surface area contributed by atoms with E-state index in [4.69, 9.17) is 0 Å². The third kappa shape index (κ3) is 6.01. The van der Waals surface area contributed by atoms with Crippen molar-refractivity contribution >= 4 is 15.9 Å². The monoisotopic (exact) mass is 452 g/mol. The van der Waals surface area contributed by atoms with Gasteiger partial charge in [-0.25, -0.2) is 8.42 Å². The molecular weight excluding hydrogens is 426 g/mol. The molecule has 2 aromatic carbocycles. The molecule has 1 fully saturated rings. The van der Waals surface area contributed by atoms with Gasteiger partial charge in [0.25, 0.3) is 5.91 Å². The maximum Gasteiger partial charge on any atom is 0.387 e. The second-order valence-electron chi connectivity index (χ2n) is 7.55. The van der Waals surface area contributed by atoms with Crippen LogP contribution in [0.4, 0.5) is 8.78 Å². The molecule has 31 heavy (non-hydrogen) atoms. The molecule has 2 aromatic rings. The Bertz CT molecular complexity index is 991. The van der Waals surface area contributed by atoms with Crippen molar-refractivity contribution in [3.63, 3.8) is 0 Å². The summed E-state index contributed by atoms with van der Waals surface area (Å²) >= 11 is 0. The van der Waals surface area contributed by atoms with Gasteiger partial charge in [0, 0.05) is 25.2 Å². The van der Waals surface area contributed by atoms with E-state index in [-0.39, 0.29) is 28.8 Å². The molecule has 1 aliphatic rings. The van der Waals surface area contributed by atoms with Crippen LogP contribution >= 0.6 is 0 Å². The predicted molar refractivity (Wildman–Crippen MR) is 113 cm³/mol. The number of nitrogens with one attached hydrogen (secondary N) is 1. The van der Waals surface area contributed by atoms with Gasteiger partial charge in [0.15, 0.2) is 0 Å². The number of amides is 1. The van der Waals surface area contributed by atoms with Crippen LogP contribution in [-0.2, 0) is 16.6 Å². The standard InChI is InChI=1S/C22H26F2N2O4S/c1-26(18-7-3-2-4-8-18)31(28,29)20-9-5-6-17(14-20)21(27)25-15-16-10-12-19(13-11-16)30-22(23)24/h5-6,9-14,18,22H,2-4,7-8,15H2,1H3,(H,25,27). The summed E-state index contributed by atoms with van der Waals surface area (Å²) in [6.45, 7) is -2.74. The van der Waals surface area contributed by atoms with E-state index in [2.05, 4.69) is 10.1 Å². The van der Waals surface area contributed by atoms with E-state index < -0.39 is 22.5 Å².